The van der Waals surface area contributed by atoms with Crippen molar-refractivity contribution in [3.05, 3.63) is 128 Å². The summed E-state index contributed by atoms with van der Waals surface area (Å²) in [4.78, 5) is 8.96. The van der Waals surface area contributed by atoms with Crippen molar-refractivity contribution < 1.29 is 40.2 Å². The fourth-order valence-corrected chi connectivity index (χ4v) is 6.22. The van der Waals surface area contributed by atoms with Crippen LogP contribution >= 0.6 is 0 Å². The molecule has 79 heavy (non-hydrogen) atoms. The van der Waals surface area contributed by atoms with Gasteiger partial charge in [-0.1, -0.05) is 72.2 Å². The van der Waals surface area contributed by atoms with Crippen LogP contribution in [-0.4, -0.2) is 18.8 Å². The van der Waals surface area contributed by atoms with E-state index < -0.39 is 0 Å². The van der Waals surface area contributed by atoms with Gasteiger partial charge >= 0.3 is 0 Å². The average molecular weight is 1340 g/mol. The Balaban J connectivity index is 0.000000297. The molecule has 0 aliphatic heterocycles. The van der Waals surface area contributed by atoms with E-state index in [9.17, 15) is 0 Å². The summed E-state index contributed by atoms with van der Waals surface area (Å²) in [5.41, 5.74) is 4.36. The predicted octanol–water partition coefficient (Wildman–Crippen LogP) is 7.74. The molecule has 0 aliphatic rings. The molecule has 0 atom stereocenters. The van der Waals surface area contributed by atoms with Crippen molar-refractivity contribution in [2.45, 2.75) is 6.92 Å². The second-order valence-electron chi connectivity index (χ2n) is 13.5. The van der Waals surface area contributed by atoms with Crippen LogP contribution in [0.25, 0.3) is 54.6 Å². The average Bonchev–Trinajstić information content (AvgIpc) is 4.41. The molecule has 0 bridgehead atoms. The third kappa shape index (κ3) is 19.7. The minimum atomic E-state index is 0. The molecule has 6 aromatic heterocycles. The third-order valence-electron chi connectivity index (χ3n) is 9.00. The van der Waals surface area contributed by atoms with Crippen molar-refractivity contribution in [3.8, 4) is 243 Å². The standard InChI is InChI=1S/C43H3.C15H10N2.C15H9N2.2Ir/c1-3-5-7-9-11-13-15-17-19-21-23-25-27-29-31-33-35-37-39-41-43-42-40-38-36-34-32-30-28-26-24-22-20-18-16-14-12-10-8-6-4-2;2*1-2-6-12-11(5-1)13-7-3-9-16-15(13)17-10-4-8-14(12)17;;/h1H3;1-10H;1-9H;;/q-1;;-1;;. The molecule has 0 unspecified atom stereocenters. The maximum atomic E-state index is 6.56. The first-order chi connectivity index (χ1) is 38.3. The van der Waals surface area contributed by atoms with Gasteiger partial charge in [-0.05, 0) is 154 Å². The van der Waals surface area contributed by atoms with Crippen LogP contribution in [0.1, 0.15) is 6.92 Å². The number of rotatable bonds is 0. The largest absolute Gasteiger partial charge is 0.428 e. The van der Waals surface area contributed by atoms with Crippen LogP contribution in [-0.2, 0) is 40.2 Å². The van der Waals surface area contributed by atoms with Crippen LogP contribution in [0.5, 0.6) is 0 Å². The zero-order valence-corrected chi connectivity index (χ0v) is 45.7. The Morgan fingerprint density at radius 3 is 1.03 bits per heavy atom. The molecular formula is C73H22Ir2N4-2. The molecule has 0 aliphatic carbocycles. The van der Waals surface area contributed by atoms with Crippen molar-refractivity contribution in [2.24, 2.45) is 0 Å². The van der Waals surface area contributed by atoms with Gasteiger partial charge in [0.15, 0.2) is 0 Å². The van der Waals surface area contributed by atoms with Crippen molar-refractivity contribution in [2.75, 3.05) is 0 Å². The van der Waals surface area contributed by atoms with Crippen molar-refractivity contribution in [1.29, 1.82) is 0 Å². The van der Waals surface area contributed by atoms with Gasteiger partial charge in [0, 0.05) is 194 Å². The number of hydrogen-bond acceptors (Lipinski definition) is 2. The molecule has 0 saturated heterocycles. The van der Waals surface area contributed by atoms with Gasteiger partial charge in [-0.3, -0.25) is 10.9 Å². The minimum absolute atomic E-state index is 0. The molecule has 0 spiro atoms. The van der Waals surface area contributed by atoms with Crippen LogP contribution in [0.15, 0.2) is 116 Å². The Hall–Kier alpha value is -12.6. The van der Waals surface area contributed by atoms with E-state index in [0.29, 0.717) is 0 Å². The Morgan fingerprint density at radius 1 is 0.329 bits per heavy atom. The van der Waals surface area contributed by atoms with Gasteiger partial charge in [-0.25, -0.2) is 10.9 Å². The zero-order valence-electron chi connectivity index (χ0n) is 40.9. The van der Waals surface area contributed by atoms with E-state index in [1.807, 2.05) is 40.9 Å². The molecule has 4 nitrogen and oxygen atoms in total. The second-order valence-corrected chi connectivity index (χ2v) is 13.5. The number of pyridine rings is 4. The first-order valence-electron chi connectivity index (χ1n) is 22.0. The summed E-state index contributed by atoms with van der Waals surface area (Å²) < 4.78 is 4.18. The van der Waals surface area contributed by atoms with Crippen LogP contribution in [0, 0.1) is 255 Å². The smallest absolute Gasteiger partial charge is 0.144 e. The monoisotopic (exact) mass is 1340 g/mol. The van der Waals surface area contributed by atoms with E-state index in [2.05, 4.69) is 342 Å². The van der Waals surface area contributed by atoms with Gasteiger partial charge in [0.1, 0.15) is 5.65 Å². The minimum Gasteiger partial charge on any atom is -0.428 e. The van der Waals surface area contributed by atoms with Gasteiger partial charge in [0.05, 0.1) is 11.2 Å². The molecule has 354 valence electrons. The summed E-state index contributed by atoms with van der Waals surface area (Å²) in [7, 11) is 0. The first-order valence-corrected chi connectivity index (χ1v) is 22.0. The van der Waals surface area contributed by atoms with E-state index in [4.69, 9.17) is 6.42 Å². The molecule has 2 aromatic carbocycles. The van der Waals surface area contributed by atoms with Gasteiger partial charge in [-0.15, -0.1) is 12.0 Å². The summed E-state index contributed by atoms with van der Waals surface area (Å²) in [5.74, 6) is 101. The Bertz CT molecular complexity index is 4880. The number of fused-ring (bicyclic) bond motifs is 12. The first kappa shape index (κ1) is 58.9. The van der Waals surface area contributed by atoms with E-state index >= 15 is 0 Å². The molecule has 2 radical (unpaired) electrons. The molecule has 0 N–H and O–H groups in total. The molecule has 8 rings (SSSR count). The molecule has 8 aromatic rings. The predicted molar refractivity (Wildman–Crippen MR) is 308 cm³/mol. The molecule has 6 heterocycles. The summed E-state index contributed by atoms with van der Waals surface area (Å²) in [6.07, 6.45) is 15.5. The molecular weight excluding hydrogens is 1320 g/mol. The number of nitrogens with zero attached hydrogens (tertiary/aromatic N) is 4. The van der Waals surface area contributed by atoms with Gasteiger partial charge in [-0.2, -0.15) is 6.07 Å². The van der Waals surface area contributed by atoms with Crippen LogP contribution < -0.4 is 0 Å². The second kappa shape index (κ2) is 36.3. The molecule has 0 amide bonds. The van der Waals surface area contributed by atoms with Crippen molar-refractivity contribution in [3.63, 3.8) is 0 Å². The van der Waals surface area contributed by atoms with E-state index in [1.165, 1.54) is 37.8 Å². The zero-order chi connectivity index (χ0) is 53.5. The van der Waals surface area contributed by atoms with Gasteiger partial charge < -0.3 is 15.2 Å². The van der Waals surface area contributed by atoms with Gasteiger partial charge in [0.25, 0.3) is 0 Å². The Labute approximate surface area is 488 Å². The third-order valence-corrected chi connectivity index (χ3v) is 9.00. The fourth-order valence-electron chi connectivity index (χ4n) is 6.22. The van der Waals surface area contributed by atoms with Crippen LogP contribution in [0.4, 0.5) is 0 Å². The quantitative estimate of drug-likeness (QED) is 0.0886. The summed E-state index contributed by atoms with van der Waals surface area (Å²) in [6.45, 7) is 1.69. The van der Waals surface area contributed by atoms with E-state index in [1.54, 1.807) is 6.92 Å². The maximum Gasteiger partial charge on any atom is 0.144 e. The number of benzene rings is 2. The van der Waals surface area contributed by atoms with E-state index in [0.717, 1.165) is 16.8 Å². The topological polar surface area (TPSA) is 34.6 Å². The van der Waals surface area contributed by atoms with Crippen LogP contribution in [0.2, 0.25) is 0 Å². The fraction of sp³-hybridized carbons (Fsp3) is 0.0137. The maximum absolute atomic E-state index is 6.56. The van der Waals surface area contributed by atoms with E-state index in [-0.39, 0.29) is 40.2 Å². The van der Waals surface area contributed by atoms with Crippen LogP contribution in [0.3, 0.4) is 0 Å². The Morgan fingerprint density at radius 2 is 0.646 bits per heavy atom. The Kier molecular flexibility index (Phi) is 27.1. The molecule has 0 saturated carbocycles. The SMILES string of the molecule is [C-]#CC#CC#CC#CC#CC#CC#CC#CC#CC#CC#CC#CC#CC#CC#CC#CC#CC#CC#CC#CC#CC.[Ir].[Ir].[c-]1ccc2c3ccccc3c3cccnc3n12.c1ccc2c(c1)c1cccnc1n1cccc21. The normalized spacial score (nSPS) is 7.09. The molecule has 0 fully saturated rings. The molecule has 6 heteroatoms. The van der Waals surface area contributed by atoms with Gasteiger partial charge in [0.2, 0.25) is 0 Å². The van der Waals surface area contributed by atoms with Crippen molar-refractivity contribution in [1.82, 2.24) is 18.8 Å². The summed E-state index contributed by atoms with van der Waals surface area (Å²) in [5, 5.41) is 7.40. The number of aromatic nitrogens is 4. The number of hydrogen-bond donors (Lipinski definition) is 0. The summed E-state index contributed by atoms with van der Waals surface area (Å²) in [6, 6.07) is 33.3. The summed E-state index contributed by atoms with van der Waals surface area (Å²) >= 11 is 0. The van der Waals surface area contributed by atoms with Crippen molar-refractivity contribution >= 4 is 54.6 Å².